The number of ether oxygens (including phenoxy) is 1. The van der Waals surface area contributed by atoms with Gasteiger partial charge in [0.05, 0.1) is 19.3 Å². The molecule has 0 saturated heterocycles. The van der Waals surface area contributed by atoms with E-state index in [0.29, 0.717) is 17.2 Å². The van der Waals surface area contributed by atoms with Gasteiger partial charge in [0.15, 0.2) is 0 Å². The minimum Gasteiger partial charge on any atom is -0.455 e. The lowest BCUT2D eigenvalue weighted by molar-refractivity contribution is -0.137. The maximum Gasteiger partial charge on any atom is 0.277 e. The fourth-order valence-electron chi connectivity index (χ4n) is 2.55. The van der Waals surface area contributed by atoms with Crippen molar-refractivity contribution in [1.29, 1.82) is 0 Å². The van der Waals surface area contributed by atoms with Gasteiger partial charge in [-0.05, 0) is 49.7 Å². The Labute approximate surface area is 150 Å². The predicted octanol–water partition coefficient (Wildman–Crippen LogP) is 2.15. The number of β-amino-alcohol motifs (C(OH)–C–C–N with tert-alkyl or cyclic N) is 1. The minimum absolute atomic E-state index is 0.0181. The summed E-state index contributed by atoms with van der Waals surface area (Å²) in [5.41, 5.74) is 2.61. The number of imide groups is 1. The second-order valence-corrected chi connectivity index (χ2v) is 5.92. The van der Waals surface area contributed by atoms with Crippen LogP contribution in [0.5, 0.6) is 11.5 Å². The maximum absolute atomic E-state index is 12.2. The number of aliphatic hydroxyl groups is 1. The molecule has 0 saturated carbocycles. The van der Waals surface area contributed by atoms with Crippen LogP contribution in [0, 0.1) is 13.8 Å². The van der Waals surface area contributed by atoms with Crippen molar-refractivity contribution in [1.82, 2.24) is 9.88 Å². The van der Waals surface area contributed by atoms with Crippen LogP contribution in [0.1, 0.15) is 11.3 Å². The summed E-state index contributed by atoms with van der Waals surface area (Å²) >= 11 is 0. The molecule has 1 aliphatic heterocycles. The molecular weight excluding hydrogens is 334 g/mol. The van der Waals surface area contributed by atoms with E-state index in [0.717, 1.165) is 16.2 Å². The molecule has 0 bridgehead atoms. The molecule has 1 aromatic heterocycles. The van der Waals surface area contributed by atoms with E-state index in [-0.39, 0.29) is 18.8 Å². The number of carbonyl (C=O) groups is 2. The van der Waals surface area contributed by atoms with Crippen molar-refractivity contribution in [2.24, 2.45) is 0 Å². The largest absolute Gasteiger partial charge is 0.455 e. The summed E-state index contributed by atoms with van der Waals surface area (Å²) in [6.07, 6.45) is 2.89. The third kappa shape index (κ3) is 3.73. The normalized spacial score (nSPS) is 13.8. The van der Waals surface area contributed by atoms with Crippen LogP contribution in [-0.4, -0.2) is 40.0 Å². The van der Waals surface area contributed by atoms with Gasteiger partial charge < -0.3 is 15.2 Å². The number of benzene rings is 1. The van der Waals surface area contributed by atoms with E-state index >= 15 is 0 Å². The zero-order valence-corrected chi connectivity index (χ0v) is 14.5. The van der Waals surface area contributed by atoms with Crippen molar-refractivity contribution in [3.05, 3.63) is 59.6 Å². The fraction of sp³-hybridized carbons (Fsp3) is 0.211. The van der Waals surface area contributed by atoms with Gasteiger partial charge in [-0.3, -0.25) is 19.5 Å². The number of pyridine rings is 1. The van der Waals surface area contributed by atoms with Crippen LogP contribution in [0.15, 0.2) is 48.3 Å². The Kier molecular flexibility index (Phi) is 4.99. The second-order valence-electron chi connectivity index (χ2n) is 5.92. The van der Waals surface area contributed by atoms with Gasteiger partial charge in [0.2, 0.25) is 0 Å². The van der Waals surface area contributed by atoms with E-state index in [1.807, 2.05) is 32.0 Å². The Morgan fingerprint density at radius 2 is 2.00 bits per heavy atom. The molecule has 0 unspecified atom stereocenters. The lowest BCUT2D eigenvalue weighted by Gasteiger charge is -2.14. The molecule has 2 N–H and O–H groups in total. The topological polar surface area (TPSA) is 91.8 Å². The van der Waals surface area contributed by atoms with E-state index in [9.17, 15) is 9.59 Å². The average Bonchev–Trinajstić information content (AvgIpc) is 2.87. The highest BCUT2D eigenvalue weighted by Gasteiger charge is 2.30. The van der Waals surface area contributed by atoms with E-state index in [1.54, 1.807) is 18.3 Å². The lowest BCUT2D eigenvalue weighted by atomic mass is 10.2. The SMILES string of the molecule is Cc1ccc(Oc2ccc(NC3=CC(=O)N(CCO)C3=O)cc2C)cn1. The Morgan fingerprint density at radius 3 is 2.65 bits per heavy atom. The van der Waals surface area contributed by atoms with Crippen molar-refractivity contribution in [3.8, 4) is 11.5 Å². The first-order valence-electron chi connectivity index (χ1n) is 8.14. The number of hydrogen-bond donors (Lipinski definition) is 2. The van der Waals surface area contributed by atoms with E-state index in [2.05, 4.69) is 10.3 Å². The zero-order valence-electron chi connectivity index (χ0n) is 14.5. The number of aromatic nitrogens is 1. The lowest BCUT2D eigenvalue weighted by Crippen LogP contribution is -2.34. The van der Waals surface area contributed by atoms with E-state index < -0.39 is 11.8 Å². The highest BCUT2D eigenvalue weighted by molar-refractivity contribution is 6.17. The summed E-state index contributed by atoms with van der Waals surface area (Å²) in [6.45, 7) is 3.50. The number of carbonyl (C=O) groups excluding carboxylic acids is 2. The number of hydrogen-bond acceptors (Lipinski definition) is 6. The number of anilines is 1. The first kappa shape index (κ1) is 17.6. The number of rotatable bonds is 6. The van der Waals surface area contributed by atoms with Crippen molar-refractivity contribution in [2.75, 3.05) is 18.5 Å². The molecule has 2 heterocycles. The monoisotopic (exact) mass is 353 g/mol. The third-order valence-corrected chi connectivity index (χ3v) is 3.90. The van der Waals surface area contributed by atoms with Crippen molar-refractivity contribution >= 4 is 17.5 Å². The third-order valence-electron chi connectivity index (χ3n) is 3.90. The first-order chi connectivity index (χ1) is 12.5. The van der Waals surface area contributed by atoms with Crippen LogP contribution < -0.4 is 10.1 Å². The van der Waals surface area contributed by atoms with Crippen LogP contribution in [0.4, 0.5) is 5.69 Å². The zero-order chi connectivity index (χ0) is 18.7. The number of nitrogens with zero attached hydrogens (tertiary/aromatic N) is 2. The molecular formula is C19H19N3O4. The van der Waals surface area contributed by atoms with Crippen molar-refractivity contribution in [2.45, 2.75) is 13.8 Å². The standard InChI is InChI=1S/C19H19N3O4/c1-12-9-14(21-16-10-18(24)22(7-8-23)19(16)25)4-6-17(12)26-15-5-3-13(2)20-11-15/h3-6,9-11,21,23H,7-8H2,1-2H3. The molecule has 0 radical (unpaired) electrons. The number of amides is 2. The highest BCUT2D eigenvalue weighted by Crippen LogP contribution is 2.28. The Morgan fingerprint density at radius 1 is 1.19 bits per heavy atom. The van der Waals surface area contributed by atoms with E-state index in [4.69, 9.17) is 9.84 Å². The predicted molar refractivity (Wildman–Crippen MR) is 95.7 cm³/mol. The van der Waals surface area contributed by atoms with Gasteiger partial charge in [-0.1, -0.05) is 0 Å². The molecule has 0 spiro atoms. The molecule has 134 valence electrons. The smallest absolute Gasteiger partial charge is 0.277 e. The van der Waals surface area contributed by atoms with Gasteiger partial charge in [0, 0.05) is 17.5 Å². The Hall–Kier alpha value is -3.19. The molecule has 0 fully saturated rings. The maximum atomic E-state index is 12.2. The van der Waals surface area contributed by atoms with Gasteiger partial charge in [0.25, 0.3) is 11.8 Å². The summed E-state index contributed by atoms with van der Waals surface area (Å²) in [4.78, 5) is 29.1. The van der Waals surface area contributed by atoms with Crippen LogP contribution >= 0.6 is 0 Å². The average molecular weight is 353 g/mol. The molecule has 7 nitrogen and oxygen atoms in total. The Balaban J connectivity index is 1.72. The molecule has 0 atom stereocenters. The molecule has 2 amide bonds. The molecule has 7 heteroatoms. The van der Waals surface area contributed by atoms with Gasteiger partial charge in [-0.15, -0.1) is 0 Å². The van der Waals surface area contributed by atoms with E-state index in [1.165, 1.54) is 6.08 Å². The summed E-state index contributed by atoms with van der Waals surface area (Å²) in [5.74, 6) is 0.423. The van der Waals surface area contributed by atoms with Crippen molar-refractivity contribution < 1.29 is 19.4 Å². The summed E-state index contributed by atoms with van der Waals surface area (Å²) in [7, 11) is 0. The second kappa shape index (κ2) is 7.37. The Bertz CT molecular complexity index is 875. The highest BCUT2D eigenvalue weighted by atomic mass is 16.5. The van der Waals surface area contributed by atoms with Crippen LogP contribution in [0.3, 0.4) is 0 Å². The number of nitrogens with one attached hydrogen (secondary N) is 1. The molecule has 26 heavy (non-hydrogen) atoms. The molecule has 2 aromatic rings. The molecule has 1 aromatic carbocycles. The van der Waals surface area contributed by atoms with Crippen LogP contribution in [0.25, 0.3) is 0 Å². The quantitative estimate of drug-likeness (QED) is 0.773. The minimum atomic E-state index is -0.451. The molecule has 0 aliphatic carbocycles. The fourth-order valence-corrected chi connectivity index (χ4v) is 2.55. The number of aryl methyl sites for hydroxylation is 2. The molecule has 1 aliphatic rings. The number of aliphatic hydroxyl groups excluding tert-OH is 1. The summed E-state index contributed by atoms with van der Waals surface area (Å²) < 4.78 is 5.81. The first-order valence-corrected chi connectivity index (χ1v) is 8.14. The van der Waals surface area contributed by atoms with Crippen LogP contribution in [-0.2, 0) is 9.59 Å². The summed E-state index contributed by atoms with van der Waals surface area (Å²) in [5, 5.41) is 11.9. The van der Waals surface area contributed by atoms with Gasteiger partial charge in [-0.25, -0.2) is 0 Å². The molecule has 3 rings (SSSR count). The van der Waals surface area contributed by atoms with Crippen molar-refractivity contribution in [3.63, 3.8) is 0 Å². The van der Waals surface area contributed by atoms with Crippen LogP contribution in [0.2, 0.25) is 0 Å². The van der Waals surface area contributed by atoms with Gasteiger partial charge in [-0.2, -0.15) is 0 Å². The van der Waals surface area contributed by atoms with Gasteiger partial charge >= 0.3 is 0 Å². The summed E-state index contributed by atoms with van der Waals surface area (Å²) in [6, 6.07) is 9.08. The van der Waals surface area contributed by atoms with Gasteiger partial charge in [0.1, 0.15) is 17.2 Å².